The van der Waals surface area contributed by atoms with Crippen LogP contribution in [-0.4, -0.2) is 9.97 Å². The molecule has 124 valence electrons. The molecule has 0 saturated carbocycles. The number of nitrogens with one attached hydrogen (secondary N) is 2. The first-order valence-electron chi connectivity index (χ1n) is 8.73. The summed E-state index contributed by atoms with van der Waals surface area (Å²) in [5.74, 6) is 0. The Balaban J connectivity index is 1.98. The van der Waals surface area contributed by atoms with Gasteiger partial charge in [0.2, 0.25) is 0 Å². The van der Waals surface area contributed by atoms with Crippen LogP contribution in [0.1, 0.15) is 23.7 Å². The fourth-order valence-corrected chi connectivity index (χ4v) is 3.64. The number of H-pyrrole nitrogens is 2. The SMILES string of the molecule is C=c1[nH]c(=Cc2[nH]c(-c3ccccc3)c3ccccc23)c(C)c1CC. The second-order valence-corrected chi connectivity index (χ2v) is 6.44. The van der Waals surface area contributed by atoms with Crippen molar-refractivity contribution < 1.29 is 0 Å². The Bertz CT molecular complexity index is 1140. The Labute approximate surface area is 147 Å². The summed E-state index contributed by atoms with van der Waals surface area (Å²) in [5, 5.41) is 4.63. The van der Waals surface area contributed by atoms with E-state index < -0.39 is 0 Å². The molecule has 0 aliphatic rings. The van der Waals surface area contributed by atoms with Crippen molar-refractivity contribution in [2.75, 3.05) is 0 Å². The number of aromatic amines is 2. The summed E-state index contributed by atoms with van der Waals surface area (Å²) < 4.78 is 0. The lowest BCUT2D eigenvalue weighted by atomic mass is 10.1. The third-order valence-electron chi connectivity index (χ3n) is 4.96. The molecule has 0 radical (unpaired) electrons. The van der Waals surface area contributed by atoms with E-state index in [-0.39, 0.29) is 0 Å². The van der Waals surface area contributed by atoms with Gasteiger partial charge in [0.1, 0.15) is 0 Å². The van der Waals surface area contributed by atoms with E-state index >= 15 is 0 Å². The van der Waals surface area contributed by atoms with Crippen molar-refractivity contribution in [1.29, 1.82) is 0 Å². The van der Waals surface area contributed by atoms with Crippen LogP contribution in [0.15, 0.2) is 54.6 Å². The molecule has 0 atom stereocenters. The van der Waals surface area contributed by atoms with Crippen molar-refractivity contribution in [3.8, 4) is 11.3 Å². The van der Waals surface area contributed by atoms with Gasteiger partial charge in [-0.3, -0.25) is 0 Å². The Kier molecular flexibility index (Phi) is 3.81. The maximum atomic E-state index is 4.14. The lowest BCUT2D eigenvalue weighted by molar-refractivity contribution is 1.10. The molecule has 0 aliphatic carbocycles. The van der Waals surface area contributed by atoms with E-state index in [9.17, 15) is 0 Å². The van der Waals surface area contributed by atoms with Gasteiger partial charge in [-0.05, 0) is 36.1 Å². The molecule has 25 heavy (non-hydrogen) atoms. The van der Waals surface area contributed by atoms with Crippen molar-refractivity contribution in [3.63, 3.8) is 0 Å². The molecule has 2 N–H and O–H groups in total. The second-order valence-electron chi connectivity index (χ2n) is 6.44. The minimum Gasteiger partial charge on any atom is -0.355 e. The van der Waals surface area contributed by atoms with Gasteiger partial charge in [-0.15, -0.1) is 0 Å². The van der Waals surface area contributed by atoms with Gasteiger partial charge in [-0.1, -0.05) is 68.1 Å². The molecule has 0 spiro atoms. The standard InChI is InChI=1S/C23H22N2/c1-4-18-15(2)21(24-16(18)3)14-22-19-12-8-9-13-20(19)23(25-22)17-10-6-5-7-11-17/h5-14,24-25H,3-4H2,1-2H3. The van der Waals surface area contributed by atoms with Gasteiger partial charge >= 0.3 is 0 Å². The van der Waals surface area contributed by atoms with Crippen LogP contribution in [0, 0.1) is 6.92 Å². The minimum atomic E-state index is 0.996. The lowest BCUT2D eigenvalue weighted by Crippen LogP contribution is -2.10. The quantitative estimate of drug-likeness (QED) is 0.563. The second kappa shape index (κ2) is 6.14. The summed E-state index contributed by atoms with van der Waals surface area (Å²) in [5.41, 5.74) is 6.09. The van der Waals surface area contributed by atoms with Gasteiger partial charge in [0.15, 0.2) is 0 Å². The first-order valence-corrected chi connectivity index (χ1v) is 8.73. The highest BCUT2D eigenvalue weighted by Gasteiger charge is 2.10. The van der Waals surface area contributed by atoms with Crippen molar-refractivity contribution in [2.24, 2.45) is 0 Å². The third-order valence-corrected chi connectivity index (χ3v) is 4.96. The molecule has 0 bridgehead atoms. The highest BCUT2D eigenvalue weighted by atomic mass is 14.7. The van der Waals surface area contributed by atoms with Gasteiger partial charge in [-0.2, -0.15) is 0 Å². The van der Waals surface area contributed by atoms with Crippen LogP contribution in [0.25, 0.3) is 34.7 Å². The lowest BCUT2D eigenvalue weighted by Gasteiger charge is -1.98. The Morgan fingerprint density at radius 1 is 0.920 bits per heavy atom. The maximum absolute atomic E-state index is 4.14. The number of hydrogen-bond donors (Lipinski definition) is 2. The minimum absolute atomic E-state index is 0.996. The molecule has 2 heterocycles. The predicted octanol–water partition coefficient (Wildman–Crippen LogP) is 4.27. The van der Waals surface area contributed by atoms with E-state index in [1.807, 2.05) is 6.07 Å². The fourth-order valence-electron chi connectivity index (χ4n) is 3.64. The summed E-state index contributed by atoms with van der Waals surface area (Å²) >= 11 is 0. The number of benzene rings is 2. The monoisotopic (exact) mass is 326 g/mol. The zero-order chi connectivity index (χ0) is 17.4. The van der Waals surface area contributed by atoms with Gasteiger partial charge in [0.05, 0.1) is 5.69 Å². The molecule has 0 aliphatic heterocycles. The van der Waals surface area contributed by atoms with Gasteiger partial charge < -0.3 is 9.97 Å². The molecular weight excluding hydrogens is 304 g/mol. The maximum Gasteiger partial charge on any atom is 0.0538 e. The van der Waals surface area contributed by atoms with Gasteiger partial charge in [0.25, 0.3) is 0 Å². The van der Waals surface area contributed by atoms with Crippen molar-refractivity contribution >= 4 is 23.4 Å². The number of aromatic nitrogens is 2. The Morgan fingerprint density at radius 2 is 1.60 bits per heavy atom. The molecular formula is C23H22N2. The Morgan fingerprint density at radius 3 is 2.28 bits per heavy atom. The van der Waals surface area contributed by atoms with Crippen LogP contribution in [0.4, 0.5) is 0 Å². The topological polar surface area (TPSA) is 31.6 Å². The molecule has 2 heteroatoms. The first-order chi connectivity index (χ1) is 12.2. The highest BCUT2D eigenvalue weighted by molar-refractivity contribution is 6.00. The molecule has 4 aromatic rings. The normalized spacial score (nSPS) is 12.2. The van der Waals surface area contributed by atoms with Crippen LogP contribution in [-0.2, 0) is 6.42 Å². The van der Waals surface area contributed by atoms with Crippen LogP contribution in [0.5, 0.6) is 0 Å². The van der Waals surface area contributed by atoms with E-state index in [1.165, 1.54) is 27.5 Å². The summed E-state index contributed by atoms with van der Waals surface area (Å²) in [4.78, 5) is 7.07. The van der Waals surface area contributed by atoms with Crippen molar-refractivity contribution in [3.05, 3.63) is 82.1 Å². The number of fused-ring (bicyclic) bond motifs is 1. The Hall–Kier alpha value is -3.00. The number of hydrogen-bond acceptors (Lipinski definition) is 0. The van der Waals surface area contributed by atoms with E-state index in [0.717, 1.165) is 28.5 Å². The molecule has 0 saturated heterocycles. The molecule has 0 unspecified atom stereocenters. The average Bonchev–Trinajstić information content (AvgIpc) is 3.14. The van der Waals surface area contributed by atoms with E-state index in [0.29, 0.717) is 0 Å². The smallest absolute Gasteiger partial charge is 0.0538 e. The fraction of sp³-hybridized carbons (Fsp3) is 0.130. The molecule has 2 aromatic heterocycles. The zero-order valence-electron chi connectivity index (χ0n) is 14.7. The number of rotatable bonds is 3. The summed E-state index contributed by atoms with van der Waals surface area (Å²) in [6.07, 6.45) is 3.20. The van der Waals surface area contributed by atoms with Gasteiger partial charge in [0, 0.05) is 27.2 Å². The zero-order valence-corrected chi connectivity index (χ0v) is 14.7. The van der Waals surface area contributed by atoms with E-state index in [1.54, 1.807) is 0 Å². The highest BCUT2D eigenvalue weighted by Crippen LogP contribution is 2.30. The van der Waals surface area contributed by atoms with E-state index in [4.69, 9.17) is 0 Å². The predicted molar refractivity (Wildman–Crippen MR) is 107 cm³/mol. The van der Waals surface area contributed by atoms with Crippen LogP contribution >= 0.6 is 0 Å². The summed E-state index contributed by atoms with van der Waals surface area (Å²) in [6.45, 7) is 8.48. The summed E-state index contributed by atoms with van der Waals surface area (Å²) in [7, 11) is 0. The first kappa shape index (κ1) is 15.5. The van der Waals surface area contributed by atoms with Crippen molar-refractivity contribution in [2.45, 2.75) is 20.3 Å². The molecule has 2 nitrogen and oxygen atoms in total. The van der Waals surface area contributed by atoms with Crippen LogP contribution < -0.4 is 10.7 Å². The molecule has 2 aromatic carbocycles. The molecule has 0 fully saturated rings. The third kappa shape index (κ3) is 2.60. The van der Waals surface area contributed by atoms with Crippen molar-refractivity contribution in [1.82, 2.24) is 9.97 Å². The van der Waals surface area contributed by atoms with Crippen LogP contribution in [0.3, 0.4) is 0 Å². The van der Waals surface area contributed by atoms with E-state index in [2.05, 4.69) is 85.0 Å². The largest absolute Gasteiger partial charge is 0.355 e. The molecule has 0 amide bonds. The van der Waals surface area contributed by atoms with Crippen LogP contribution in [0.2, 0.25) is 0 Å². The molecule has 4 rings (SSSR count). The average molecular weight is 326 g/mol. The summed E-state index contributed by atoms with van der Waals surface area (Å²) in [6, 6.07) is 19.0. The van der Waals surface area contributed by atoms with Gasteiger partial charge in [-0.25, -0.2) is 0 Å².